The fraction of sp³-hybridized carbons (Fsp3) is 0.692. The number of rotatable bonds is 4. The van der Waals surface area contributed by atoms with Crippen molar-refractivity contribution in [2.75, 3.05) is 6.54 Å². The van der Waals surface area contributed by atoms with Crippen LogP contribution in [0.25, 0.3) is 0 Å². The zero-order valence-electron chi connectivity index (χ0n) is 10.6. The van der Waals surface area contributed by atoms with Crippen LogP contribution in [0.3, 0.4) is 0 Å². The summed E-state index contributed by atoms with van der Waals surface area (Å²) in [5, 5.41) is 3.51. The van der Waals surface area contributed by atoms with Gasteiger partial charge in [-0.25, -0.2) is 0 Å². The van der Waals surface area contributed by atoms with Crippen LogP contribution in [0.4, 0.5) is 0 Å². The molecule has 1 aromatic heterocycles. The molecular weight excluding hydrogens is 186 g/mol. The average molecular weight is 209 g/mol. The van der Waals surface area contributed by atoms with Crippen LogP contribution >= 0.6 is 0 Å². The summed E-state index contributed by atoms with van der Waals surface area (Å²) in [4.78, 5) is 0. The lowest BCUT2D eigenvalue weighted by Crippen LogP contribution is -2.38. The molecule has 0 amide bonds. The second kappa shape index (κ2) is 4.40. The molecule has 1 rings (SSSR count). The van der Waals surface area contributed by atoms with Gasteiger partial charge in [0.05, 0.1) is 12.5 Å². The molecule has 0 aromatic carbocycles. The molecule has 2 nitrogen and oxygen atoms in total. The van der Waals surface area contributed by atoms with E-state index in [4.69, 9.17) is 4.42 Å². The molecule has 1 aromatic rings. The smallest absolute Gasteiger partial charge is 0.0939 e. The van der Waals surface area contributed by atoms with Crippen molar-refractivity contribution in [2.24, 2.45) is 0 Å². The lowest BCUT2D eigenvalue weighted by Gasteiger charge is -2.27. The van der Waals surface area contributed by atoms with Gasteiger partial charge in [-0.15, -0.1) is 0 Å². The zero-order chi connectivity index (χ0) is 11.5. The standard InChI is InChI=1S/C13H23NO/c1-12(2,3)14-8-7-13(4,5)11-6-9-15-10-11/h6,9-10,14H,7-8H2,1-5H3. The first kappa shape index (κ1) is 12.3. The van der Waals surface area contributed by atoms with E-state index in [1.807, 2.05) is 6.26 Å². The summed E-state index contributed by atoms with van der Waals surface area (Å²) in [6.45, 7) is 12.1. The van der Waals surface area contributed by atoms with Gasteiger partial charge >= 0.3 is 0 Å². The van der Waals surface area contributed by atoms with Crippen molar-refractivity contribution < 1.29 is 4.42 Å². The number of hydrogen-bond donors (Lipinski definition) is 1. The predicted octanol–water partition coefficient (Wildman–Crippen LogP) is 3.34. The summed E-state index contributed by atoms with van der Waals surface area (Å²) in [5.74, 6) is 0. The van der Waals surface area contributed by atoms with Crippen LogP contribution in [0.15, 0.2) is 23.0 Å². The minimum atomic E-state index is 0.186. The molecule has 0 saturated carbocycles. The maximum Gasteiger partial charge on any atom is 0.0939 e. The Bertz CT molecular complexity index is 280. The molecule has 0 atom stereocenters. The molecule has 0 spiro atoms. The Morgan fingerprint density at radius 2 is 1.87 bits per heavy atom. The first-order chi connectivity index (χ1) is 6.81. The first-order valence-corrected chi connectivity index (χ1v) is 5.59. The maximum atomic E-state index is 5.13. The van der Waals surface area contributed by atoms with Crippen molar-refractivity contribution in [3.63, 3.8) is 0 Å². The van der Waals surface area contributed by atoms with Gasteiger partial charge < -0.3 is 9.73 Å². The molecule has 0 aliphatic carbocycles. The fourth-order valence-corrected chi connectivity index (χ4v) is 1.54. The second-order valence-electron chi connectivity index (χ2n) is 5.82. The van der Waals surface area contributed by atoms with E-state index >= 15 is 0 Å². The number of furan rings is 1. The van der Waals surface area contributed by atoms with Gasteiger partial charge in [0.25, 0.3) is 0 Å². The van der Waals surface area contributed by atoms with E-state index in [1.165, 1.54) is 5.56 Å². The van der Waals surface area contributed by atoms with Crippen LogP contribution in [0.1, 0.15) is 46.6 Å². The first-order valence-electron chi connectivity index (χ1n) is 5.59. The minimum Gasteiger partial charge on any atom is -0.472 e. The van der Waals surface area contributed by atoms with Crippen LogP contribution in [-0.2, 0) is 5.41 Å². The van der Waals surface area contributed by atoms with Crippen LogP contribution in [0, 0.1) is 0 Å². The van der Waals surface area contributed by atoms with Crippen LogP contribution < -0.4 is 5.32 Å². The Hall–Kier alpha value is -0.760. The molecule has 0 fully saturated rings. The Morgan fingerprint density at radius 3 is 2.33 bits per heavy atom. The number of hydrogen-bond acceptors (Lipinski definition) is 2. The van der Waals surface area contributed by atoms with Crippen LogP contribution in [0.5, 0.6) is 0 Å². The van der Waals surface area contributed by atoms with Gasteiger partial charge in [-0.1, -0.05) is 13.8 Å². The van der Waals surface area contributed by atoms with Gasteiger partial charge in [-0.3, -0.25) is 0 Å². The van der Waals surface area contributed by atoms with Gasteiger partial charge in [-0.05, 0) is 50.8 Å². The van der Waals surface area contributed by atoms with E-state index in [0.717, 1.165) is 13.0 Å². The maximum absolute atomic E-state index is 5.13. The molecular formula is C13H23NO. The fourth-order valence-electron chi connectivity index (χ4n) is 1.54. The van der Waals surface area contributed by atoms with Crippen molar-refractivity contribution in [1.29, 1.82) is 0 Å². The highest BCUT2D eigenvalue weighted by molar-refractivity contribution is 5.17. The monoisotopic (exact) mass is 209 g/mol. The molecule has 0 saturated heterocycles. The molecule has 15 heavy (non-hydrogen) atoms. The average Bonchev–Trinajstić information content (AvgIpc) is 2.52. The summed E-state index contributed by atoms with van der Waals surface area (Å²) in [6, 6.07) is 2.05. The SMILES string of the molecule is CC(C)(C)NCCC(C)(C)c1ccoc1. The minimum absolute atomic E-state index is 0.186. The third-order valence-electron chi connectivity index (χ3n) is 2.71. The third-order valence-corrected chi connectivity index (χ3v) is 2.71. The summed E-state index contributed by atoms with van der Waals surface area (Å²) in [7, 11) is 0. The molecule has 86 valence electrons. The van der Waals surface area contributed by atoms with Crippen molar-refractivity contribution in [2.45, 2.75) is 52.0 Å². The van der Waals surface area contributed by atoms with E-state index in [1.54, 1.807) is 6.26 Å². The lowest BCUT2D eigenvalue weighted by molar-refractivity contribution is 0.378. The Balaban J connectivity index is 2.44. The van der Waals surface area contributed by atoms with Crippen LogP contribution in [-0.4, -0.2) is 12.1 Å². The molecule has 0 bridgehead atoms. The molecule has 0 aliphatic heterocycles. The Labute approximate surface area is 93.1 Å². The Kier molecular flexibility index (Phi) is 3.61. The van der Waals surface area contributed by atoms with Gasteiger partial charge in [0.1, 0.15) is 0 Å². The molecule has 0 aliphatic rings. The third kappa shape index (κ3) is 4.08. The summed E-state index contributed by atoms with van der Waals surface area (Å²) < 4.78 is 5.13. The van der Waals surface area contributed by atoms with Gasteiger partial charge in [0.2, 0.25) is 0 Å². The van der Waals surface area contributed by atoms with E-state index in [0.29, 0.717) is 0 Å². The number of nitrogens with one attached hydrogen (secondary N) is 1. The van der Waals surface area contributed by atoms with Gasteiger partial charge in [0.15, 0.2) is 0 Å². The molecule has 0 unspecified atom stereocenters. The topological polar surface area (TPSA) is 25.2 Å². The van der Waals surface area contributed by atoms with Crippen LogP contribution in [0.2, 0.25) is 0 Å². The molecule has 2 heteroatoms. The molecule has 0 radical (unpaired) electrons. The highest BCUT2D eigenvalue weighted by Gasteiger charge is 2.22. The van der Waals surface area contributed by atoms with Crippen molar-refractivity contribution in [3.8, 4) is 0 Å². The van der Waals surface area contributed by atoms with E-state index in [9.17, 15) is 0 Å². The molecule has 1 heterocycles. The summed E-state index contributed by atoms with van der Waals surface area (Å²) in [6.07, 6.45) is 4.70. The summed E-state index contributed by atoms with van der Waals surface area (Å²) in [5.41, 5.74) is 1.66. The second-order valence-corrected chi connectivity index (χ2v) is 5.82. The normalized spacial score (nSPS) is 13.1. The van der Waals surface area contributed by atoms with Crippen molar-refractivity contribution in [3.05, 3.63) is 24.2 Å². The van der Waals surface area contributed by atoms with Crippen molar-refractivity contribution >= 4 is 0 Å². The van der Waals surface area contributed by atoms with Gasteiger partial charge in [0, 0.05) is 5.54 Å². The summed E-state index contributed by atoms with van der Waals surface area (Å²) >= 11 is 0. The zero-order valence-corrected chi connectivity index (χ0v) is 10.6. The van der Waals surface area contributed by atoms with Gasteiger partial charge in [-0.2, -0.15) is 0 Å². The van der Waals surface area contributed by atoms with E-state index in [2.05, 4.69) is 46.0 Å². The van der Waals surface area contributed by atoms with E-state index < -0.39 is 0 Å². The lowest BCUT2D eigenvalue weighted by atomic mass is 9.83. The predicted molar refractivity (Wildman–Crippen MR) is 64.1 cm³/mol. The highest BCUT2D eigenvalue weighted by atomic mass is 16.3. The Morgan fingerprint density at radius 1 is 1.20 bits per heavy atom. The van der Waals surface area contributed by atoms with Crippen molar-refractivity contribution in [1.82, 2.24) is 5.32 Å². The quantitative estimate of drug-likeness (QED) is 0.822. The highest BCUT2D eigenvalue weighted by Crippen LogP contribution is 2.26. The van der Waals surface area contributed by atoms with E-state index in [-0.39, 0.29) is 11.0 Å². The largest absolute Gasteiger partial charge is 0.472 e. The molecule has 1 N–H and O–H groups in total.